The monoisotopic (exact) mass is 299 g/mol. The molecule has 0 unspecified atom stereocenters. The molecule has 0 amide bonds. The number of anilines is 2. The van der Waals surface area contributed by atoms with Gasteiger partial charge in [0.1, 0.15) is 5.82 Å². The van der Waals surface area contributed by atoms with Crippen molar-refractivity contribution in [3.05, 3.63) is 24.0 Å². The van der Waals surface area contributed by atoms with Crippen LogP contribution in [0.3, 0.4) is 0 Å². The molecule has 1 aliphatic heterocycles. The number of aryl methyl sites for hydroxylation is 1. The lowest BCUT2D eigenvalue weighted by atomic mass is 10.1. The molecule has 0 aliphatic carbocycles. The van der Waals surface area contributed by atoms with Crippen LogP contribution >= 0.6 is 0 Å². The van der Waals surface area contributed by atoms with Gasteiger partial charge in [-0.3, -0.25) is 5.10 Å². The minimum atomic E-state index is 0.274. The van der Waals surface area contributed by atoms with Crippen molar-refractivity contribution in [2.24, 2.45) is 0 Å². The fourth-order valence-electron chi connectivity index (χ4n) is 2.86. The van der Waals surface area contributed by atoms with Crippen LogP contribution in [-0.4, -0.2) is 51.1 Å². The number of nitrogens with zero attached hydrogens (tertiary/aromatic N) is 5. The smallest absolute Gasteiger partial charge is 0.240 e. The molecule has 3 N–H and O–H groups in total. The van der Waals surface area contributed by atoms with Crippen LogP contribution in [0.1, 0.15) is 5.69 Å². The number of aromatic amines is 1. The normalized spacial score (nSPS) is 15.6. The summed E-state index contributed by atoms with van der Waals surface area (Å²) in [7, 11) is 0. The highest BCUT2D eigenvalue weighted by Gasteiger charge is 2.22. The maximum Gasteiger partial charge on any atom is 0.240 e. The fourth-order valence-corrected chi connectivity index (χ4v) is 2.86. The average molecular weight is 299 g/mol. The molecule has 4 rings (SSSR count). The fraction of sp³-hybridized carbons (Fsp3) is 0.357. The first-order valence-corrected chi connectivity index (χ1v) is 7.22. The lowest BCUT2D eigenvalue weighted by Crippen LogP contribution is -2.37. The number of morpholine rings is 1. The number of hydrogen-bond donors (Lipinski definition) is 2. The largest absolute Gasteiger partial charge is 0.378 e. The summed E-state index contributed by atoms with van der Waals surface area (Å²) in [6.45, 7) is 5.02. The van der Waals surface area contributed by atoms with Crippen molar-refractivity contribution in [1.29, 1.82) is 0 Å². The molecule has 1 fully saturated rings. The summed E-state index contributed by atoms with van der Waals surface area (Å²) in [6, 6.07) is 3.97. The van der Waals surface area contributed by atoms with Crippen LogP contribution < -0.4 is 10.6 Å². The summed E-state index contributed by atoms with van der Waals surface area (Å²) in [6.07, 6.45) is 1.83. The number of hydrogen-bond acceptors (Lipinski definition) is 6. The minimum absolute atomic E-state index is 0.274. The highest BCUT2D eigenvalue weighted by atomic mass is 16.5. The van der Waals surface area contributed by atoms with Gasteiger partial charge in [-0.1, -0.05) is 0 Å². The molecule has 0 aromatic carbocycles. The van der Waals surface area contributed by atoms with Crippen molar-refractivity contribution in [3.63, 3.8) is 0 Å². The predicted octanol–water partition coefficient (Wildman–Crippen LogP) is 0.847. The Morgan fingerprint density at radius 3 is 2.77 bits per heavy atom. The van der Waals surface area contributed by atoms with E-state index < -0.39 is 0 Å². The molecule has 114 valence electrons. The van der Waals surface area contributed by atoms with E-state index in [1.807, 2.05) is 29.8 Å². The van der Waals surface area contributed by atoms with Gasteiger partial charge >= 0.3 is 0 Å². The minimum Gasteiger partial charge on any atom is -0.378 e. The maximum absolute atomic E-state index is 5.78. The van der Waals surface area contributed by atoms with Crippen LogP contribution in [0, 0.1) is 6.92 Å². The zero-order chi connectivity index (χ0) is 15.1. The number of aromatic nitrogens is 5. The number of H-pyrrole nitrogens is 1. The van der Waals surface area contributed by atoms with Gasteiger partial charge in [0.2, 0.25) is 5.95 Å². The van der Waals surface area contributed by atoms with Crippen LogP contribution in [0.25, 0.3) is 16.8 Å². The van der Waals surface area contributed by atoms with Crippen molar-refractivity contribution < 1.29 is 4.74 Å². The van der Waals surface area contributed by atoms with Crippen LogP contribution in [0.2, 0.25) is 0 Å². The van der Waals surface area contributed by atoms with Crippen molar-refractivity contribution in [1.82, 2.24) is 24.8 Å². The Hall–Kier alpha value is -2.61. The van der Waals surface area contributed by atoms with E-state index >= 15 is 0 Å². The second-order valence-electron chi connectivity index (χ2n) is 5.32. The number of nitrogens with one attached hydrogen (secondary N) is 1. The van der Waals surface area contributed by atoms with Crippen molar-refractivity contribution in [2.45, 2.75) is 6.92 Å². The van der Waals surface area contributed by atoms with Gasteiger partial charge in [-0.25, -0.2) is 0 Å². The summed E-state index contributed by atoms with van der Waals surface area (Å²) in [5.74, 6) is 1.25. The van der Waals surface area contributed by atoms with Crippen molar-refractivity contribution in [3.8, 4) is 11.1 Å². The second-order valence-corrected chi connectivity index (χ2v) is 5.32. The molecule has 22 heavy (non-hydrogen) atoms. The van der Waals surface area contributed by atoms with Gasteiger partial charge in [0.15, 0.2) is 5.65 Å². The lowest BCUT2D eigenvalue weighted by Gasteiger charge is -2.30. The van der Waals surface area contributed by atoms with E-state index in [4.69, 9.17) is 10.5 Å². The Balaban J connectivity index is 1.97. The molecule has 1 saturated heterocycles. The number of rotatable bonds is 2. The van der Waals surface area contributed by atoms with E-state index in [0.29, 0.717) is 13.2 Å². The van der Waals surface area contributed by atoms with Crippen LogP contribution in [-0.2, 0) is 4.74 Å². The first kappa shape index (κ1) is 13.1. The molecule has 0 bridgehead atoms. The number of nitrogens with two attached hydrogens (primary N) is 1. The second kappa shape index (κ2) is 4.99. The van der Waals surface area contributed by atoms with Gasteiger partial charge in [-0.2, -0.15) is 14.6 Å². The molecule has 8 nitrogen and oxygen atoms in total. The van der Waals surface area contributed by atoms with Crippen molar-refractivity contribution >= 4 is 17.4 Å². The summed E-state index contributed by atoms with van der Waals surface area (Å²) in [5, 5.41) is 11.5. The third-order valence-electron chi connectivity index (χ3n) is 3.92. The average Bonchev–Trinajstić information content (AvgIpc) is 3.11. The Morgan fingerprint density at radius 2 is 2.05 bits per heavy atom. The molecular weight excluding hydrogens is 282 g/mol. The Bertz CT molecular complexity index is 816. The van der Waals surface area contributed by atoms with E-state index in [-0.39, 0.29) is 5.95 Å². The van der Waals surface area contributed by atoms with Gasteiger partial charge in [-0.05, 0) is 19.1 Å². The van der Waals surface area contributed by atoms with E-state index in [9.17, 15) is 0 Å². The maximum atomic E-state index is 5.78. The summed E-state index contributed by atoms with van der Waals surface area (Å²) >= 11 is 0. The Labute approximate surface area is 126 Å². The Morgan fingerprint density at radius 1 is 1.23 bits per heavy atom. The Kier molecular flexibility index (Phi) is 2.97. The van der Waals surface area contributed by atoms with E-state index in [1.54, 1.807) is 0 Å². The van der Waals surface area contributed by atoms with Crippen molar-refractivity contribution in [2.75, 3.05) is 36.9 Å². The summed E-state index contributed by atoms with van der Waals surface area (Å²) < 4.78 is 7.27. The molecule has 1 aliphatic rings. The van der Waals surface area contributed by atoms with Gasteiger partial charge < -0.3 is 15.4 Å². The molecular formula is C14H17N7O. The lowest BCUT2D eigenvalue weighted by molar-refractivity contribution is 0.122. The number of fused-ring (bicyclic) bond motifs is 1. The first-order valence-electron chi connectivity index (χ1n) is 7.22. The number of ether oxygens (including phenoxy) is 1. The molecule has 0 saturated carbocycles. The van der Waals surface area contributed by atoms with Gasteiger partial charge in [0, 0.05) is 29.9 Å². The molecule has 3 aromatic rings. The number of nitrogen functional groups attached to an aromatic ring is 1. The van der Waals surface area contributed by atoms with E-state index in [0.717, 1.165) is 41.4 Å². The third kappa shape index (κ3) is 2.00. The number of pyridine rings is 1. The van der Waals surface area contributed by atoms with Gasteiger partial charge in [0.25, 0.3) is 0 Å². The topological polar surface area (TPSA) is 97.4 Å². The van der Waals surface area contributed by atoms with Crippen LogP contribution in [0.15, 0.2) is 18.3 Å². The molecule has 0 spiro atoms. The van der Waals surface area contributed by atoms with Crippen LogP contribution in [0.5, 0.6) is 0 Å². The van der Waals surface area contributed by atoms with E-state index in [2.05, 4.69) is 25.2 Å². The molecule has 0 atom stereocenters. The molecule has 4 heterocycles. The molecule has 3 aromatic heterocycles. The highest BCUT2D eigenvalue weighted by molar-refractivity contribution is 5.79. The third-order valence-corrected chi connectivity index (χ3v) is 3.92. The SMILES string of the molecule is Cc1[nH]ncc1-c1ccc2nc(N)nn2c1N1CCOCC1. The zero-order valence-electron chi connectivity index (χ0n) is 12.3. The first-order chi connectivity index (χ1) is 10.7. The predicted molar refractivity (Wildman–Crippen MR) is 82.8 cm³/mol. The quantitative estimate of drug-likeness (QED) is 0.728. The van der Waals surface area contributed by atoms with Gasteiger partial charge in [-0.15, -0.1) is 5.10 Å². The van der Waals surface area contributed by atoms with Crippen LogP contribution in [0.4, 0.5) is 11.8 Å². The zero-order valence-corrected chi connectivity index (χ0v) is 12.3. The summed E-state index contributed by atoms with van der Waals surface area (Å²) in [5.41, 5.74) is 9.65. The standard InChI is InChI=1S/C14H17N7O/c1-9-11(8-16-18-9)10-2-3-12-17-14(15)19-21(12)13(10)20-4-6-22-7-5-20/h2-3,8H,4-7H2,1H3,(H2,15,19)(H,16,18). The molecule has 0 radical (unpaired) electrons. The molecule has 8 heteroatoms. The highest BCUT2D eigenvalue weighted by Crippen LogP contribution is 2.33. The van der Waals surface area contributed by atoms with Gasteiger partial charge in [0.05, 0.1) is 19.4 Å². The summed E-state index contributed by atoms with van der Waals surface area (Å²) in [4.78, 5) is 6.52. The van der Waals surface area contributed by atoms with E-state index in [1.165, 1.54) is 0 Å².